The first-order valence-corrected chi connectivity index (χ1v) is 14.2. The highest BCUT2D eigenvalue weighted by Crippen LogP contribution is 2.30. The molecular weight excluding hydrogens is 600 g/mol. The number of nitrogens with one attached hydrogen (secondary N) is 2. The molecule has 0 saturated carbocycles. The van der Waals surface area contributed by atoms with Crippen LogP contribution in [0.5, 0.6) is 11.5 Å². The number of anilines is 2. The van der Waals surface area contributed by atoms with E-state index in [0.717, 1.165) is 29.0 Å². The molecule has 2 aromatic heterocycles. The number of carbonyl (C=O) groups is 2. The van der Waals surface area contributed by atoms with E-state index in [4.69, 9.17) is 10.5 Å². The van der Waals surface area contributed by atoms with Crippen LogP contribution in [0, 0.1) is 23.5 Å². The maximum absolute atomic E-state index is 15.2. The van der Waals surface area contributed by atoms with E-state index in [0.29, 0.717) is 26.2 Å². The molecule has 12 nitrogen and oxygen atoms in total. The van der Waals surface area contributed by atoms with Gasteiger partial charge in [-0.3, -0.25) is 19.0 Å². The van der Waals surface area contributed by atoms with Crippen LogP contribution >= 0.6 is 0 Å². The SMILES string of the molecule is CC(C)n1cc(C(=O)Nc2ccc(Oc3ccnc(N)c3C#CC(=O)N3CCNCC3)c(F)c2)c(=O)n(-c2ccc(F)cc2)c1=O. The third kappa shape index (κ3) is 6.79. The molecule has 0 atom stereocenters. The summed E-state index contributed by atoms with van der Waals surface area (Å²) >= 11 is 0. The molecule has 1 saturated heterocycles. The fourth-order valence-electron chi connectivity index (χ4n) is 4.63. The fraction of sp³-hybridized carbons (Fsp3) is 0.219. The molecule has 4 aromatic rings. The number of amides is 2. The number of hydrogen-bond acceptors (Lipinski definition) is 8. The molecule has 0 unspecified atom stereocenters. The van der Waals surface area contributed by atoms with Gasteiger partial charge in [0.05, 0.1) is 5.69 Å². The first-order chi connectivity index (χ1) is 22.0. The molecule has 4 N–H and O–H groups in total. The molecule has 0 aliphatic carbocycles. The lowest BCUT2D eigenvalue weighted by Crippen LogP contribution is -2.46. The maximum atomic E-state index is 15.2. The van der Waals surface area contributed by atoms with Crippen LogP contribution in [0.1, 0.15) is 35.8 Å². The largest absolute Gasteiger partial charge is 0.453 e. The summed E-state index contributed by atoms with van der Waals surface area (Å²) in [5.41, 5.74) is 4.08. The zero-order chi connectivity index (χ0) is 33.0. The number of rotatable bonds is 6. The number of piperazine rings is 1. The molecule has 2 amide bonds. The zero-order valence-corrected chi connectivity index (χ0v) is 24.8. The number of nitrogen functional groups attached to an aromatic ring is 1. The van der Waals surface area contributed by atoms with Gasteiger partial charge in [-0.1, -0.05) is 0 Å². The van der Waals surface area contributed by atoms with Gasteiger partial charge in [0.25, 0.3) is 17.4 Å². The van der Waals surface area contributed by atoms with Crippen molar-refractivity contribution in [3.05, 3.63) is 105 Å². The third-order valence-electron chi connectivity index (χ3n) is 7.05. The first kappa shape index (κ1) is 31.6. The summed E-state index contributed by atoms with van der Waals surface area (Å²) in [5, 5.41) is 5.62. The Kier molecular flexibility index (Phi) is 9.24. The number of nitrogens with two attached hydrogens (primary N) is 1. The van der Waals surface area contributed by atoms with Crippen molar-refractivity contribution in [2.75, 3.05) is 37.2 Å². The van der Waals surface area contributed by atoms with E-state index in [1.165, 1.54) is 41.1 Å². The van der Waals surface area contributed by atoms with E-state index in [9.17, 15) is 23.6 Å². The van der Waals surface area contributed by atoms with Crippen molar-refractivity contribution >= 4 is 23.3 Å². The van der Waals surface area contributed by atoms with Gasteiger partial charge in [-0.2, -0.15) is 0 Å². The van der Waals surface area contributed by atoms with Crippen LogP contribution in [-0.4, -0.2) is 57.0 Å². The van der Waals surface area contributed by atoms with Gasteiger partial charge in [0.2, 0.25) is 0 Å². The van der Waals surface area contributed by atoms with Crippen molar-refractivity contribution in [3.63, 3.8) is 0 Å². The van der Waals surface area contributed by atoms with Gasteiger partial charge in [0.15, 0.2) is 11.6 Å². The Balaban J connectivity index is 1.39. The Morgan fingerprint density at radius 1 is 1.04 bits per heavy atom. The standard InChI is InChI=1S/C32H29F2N7O5/c1-19(2)40-18-24(31(44)41(32(40)45)22-6-3-20(33)4-7-22)30(43)38-21-5-9-27(25(34)17-21)46-26-11-12-37-29(35)23(26)8-10-28(42)39-15-13-36-14-16-39/h3-7,9,11-12,17-19,36H,13-16H2,1-2H3,(H2,35,37)(H,38,43). The average molecular weight is 630 g/mol. The van der Waals surface area contributed by atoms with Gasteiger partial charge in [0.1, 0.15) is 28.5 Å². The molecule has 0 radical (unpaired) electrons. The molecule has 0 spiro atoms. The summed E-state index contributed by atoms with van der Waals surface area (Å²) in [6.45, 7) is 5.72. The molecule has 1 aliphatic heterocycles. The zero-order valence-electron chi connectivity index (χ0n) is 24.8. The second-order valence-corrected chi connectivity index (χ2v) is 10.5. The average Bonchev–Trinajstić information content (AvgIpc) is 3.03. The van der Waals surface area contributed by atoms with Crippen LogP contribution in [0.3, 0.4) is 0 Å². The molecule has 1 fully saturated rings. The fourth-order valence-corrected chi connectivity index (χ4v) is 4.63. The minimum Gasteiger partial charge on any atom is -0.453 e. The molecule has 46 heavy (non-hydrogen) atoms. The molecule has 1 aliphatic rings. The number of carbonyl (C=O) groups excluding carboxylic acids is 2. The van der Waals surface area contributed by atoms with Gasteiger partial charge in [0, 0.05) is 68.4 Å². The number of aromatic nitrogens is 3. The summed E-state index contributed by atoms with van der Waals surface area (Å²) in [6, 6.07) is 9.22. The van der Waals surface area contributed by atoms with Crippen LogP contribution in [0.4, 0.5) is 20.3 Å². The molecule has 2 aromatic carbocycles. The minimum atomic E-state index is -0.939. The van der Waals surface area contributed by atoms with Crippen LogP contribution in [0.2, 0.25) is 0 Å². The highest BCUT2D eigenvalue weighted by Gasteiger charge is 2.21. The van der Waals surface area contributed by atoms with E-state index >= 15 is 4.39 Å². The lowest BCUT2D eigenvalue weighted by atomic mass is 10.2. The number of ether oxygens (including phenoxy) is 1. The monoisotopic (exact) mass is 629 g/mol. The van der Waals surface area contributed by atoms with E-state index < -0.39 is 46.3 Å². The lowest BCUT2D eigenvalue weighted by molar-refractivity contribution is -0.125. The maximum Gasteiger partial charge on any atom is 0.335 e. The smallest absolute Gasteiger partial charge is 0.335 e. The Labute approximate surface area is 261 Å². The highest BCUT2D eigenvalue weighted by atomic mass is 19.1. The van der Waals surface area contributed by atoms with Crippen molar-refractivity contribution in [2.24, 2.45) is 0 Å². The number of benzene rings is 2. The Bertz CT molecular complexity index is 1990. The van der Waals surface area contributed by atoms with Crippen LogP contribution in [-0.2, 0) is 4.79 Å². The molecule has 236 valence electrons. The van der Waals surface area contributed by atoms with Gasteiger partial charge >= 0.3 is 5.69 Å². The van der Waals surface area contributed by atoms with Crippen molar-refractivity contribution in [3.8, 4) is 29.0 Å². The molecule has 14 heteroatoms. The number of hydrogen-bond donors (Lipinski definition) is 3. The van der Waals surface area contributed by atoms with Gasteiger partial charge in [-0.15, -0.1) is 0 Å². The van der Waals surface area contributed by atoms with E-state index in [2.05, 4.69) is 27.5 Å². The van der Waals surface area contributed by atoms with Crippen LogP contribution in [0.25, 0.3) is 5.69 Å². The summed E-state index contributed by atoms with van der Waals surface area (Å²) in [7, 11) is 0. The van der Waals surface area contributed by atoms with Gasteiger partial charge in [-0.25, -0.2) is 23.1 Å². The molecule has 3 heterocycles. The number of pyridine rings is 1. The Morgan fingerprint density at radius 2 is 1.76 bits per heavy atom. The first-order valence-electron chi connectivity index (χ1n) is 14.2. The van der Waals surface area contributed by atoms with Crippen molar-refractivity contribution in [2.45, 2.75) is 19.9 Å². The number of nitrogens with zero attached hydrogens (tertiary/aromatic N) is 4. The Morgan fingerprint density at radius 3 is 2.43 bits per heavy atom. The molecule has 0 bridgehead atoms. The van der Waals surface area contributed by atoms with Crippen molar-refractivity contribution in [1.29, 1.82) is 0 Å². The normalized spacial score (nSPS) is 12.8. The second-order valence-electron chi connectivity index (χ2n) is 10.5. The van der Waals surface area contributed by atoms with Crippen LogP contribution in [0.15, 0.2) is 70.5 Å². The third-order valence-corrected chi connectivity index (χ3v) is 7.05. The van der Waals surface area contributed by atoms with E-state index in [-0.39, 0.29) is 34.3 Å². The predicted octanol–water partition coefficient (Wildman–Crippen LogP) is 2.66. The molecule has 5 rings (SSSR count). The summed E-state index contributed by atoms with van der Waals surface area (Å²) in [6.07, 6.45) is 2.47. The van der Waals surface area contributed by atoms with Gasteiger partial charge < -0.3 is 26.0 Å². The van der Waals surface area contributed by atoms with Crippen molar-refractivity contribution < 1.29 is 23.1 Å². The quantitative estimate of drug-likeness (QED) is 0.275. The minimum absolute atomic E-state index is 0.0132. The van der Waals surface area contributed by atoms with E-state index in [1.807, 2.05) is 0 Å². The summed E-state index contributed by atoms with van der Waals surface area (Å²) in [4.78, 5) is 57.7. The number of halogens is 2. The van der Waals surface area contributed by atoms with Gasteiger partial charge in [-0.05, 0) is 56.2 Å². The van der Waals surface area contributed by atoms with Crippen LogP contribution < -0.4 is 32.4 Å². The van der Waals surface area contributed by atoms with Crippen molar-refractivity contribution in [1.82, 2.24) is 24.3 Å². The second kappa shape index (κ2) is 13.4. The highest BCUT2D eigenvalue weighted by molar-refractivity contribution is 6.04. The summed E-state index contributed by atoms with van der Waals surface area (Å²) in [5.74, 6) is 2.28. The summed E-state index contributed by atoms with van der Waals surface area (Å²) < 4.78 is 36.4. The topological polar surface area (TPSA) is 154 Å². The van der Waals surface area contributed by atoms with E-state index in [1.54, 1.807) is 18.7 Å². The molecular formula is C32H29F2N7O5. The lowest BCUT2D eigenvalue weighted by Gasteiger charge is -2.25. The Hall–Kier alpha value is -5.81. The predicted molar refractivity (Wildman–Crippen MR) is 166 cm³/mol.